The van der Waals surface area contributed by atoms with E-state index in [0.29, 0.717) is 16.9 Å². The number of aromatic nitrogens is 4. The number of nitrogens with zero attached hydrogens (tertiary/aromatic N) is 4. The maximum atomic E-state index is 12.4. The van der Waals surface area contributed by atoms with E-state index >= 15 is 0 Å². The third-order valence-electron chi connectivity index (χ3n) is 3.12. The van der Waals surface area contributed by atoms with Crippen LogP contribution in [0.3, 0.4) is 0 Å². The van der Waals surface area contributed by atoms with Crippen molar-refractivity contribution >= 4 is 50.3 Å². The molecule has 0 aliphatic carbocycles. The summed E-state index contributed by atoms with van der Waals surface area (Å²) >= 11 is 2.60. The molecule has 0 radical (unpaired) electrons. The summed E-state index contributed by atoms with van der Waals surface area (Å²) < 4.78 is 6.43. The molecule has 0 saturated carbocycles. The fraction of sp³-hybridized carbons (Fsp3) is 0.267. The van der Waals surface area contributed by atoms with Gasteiger partial charge in [-0.3, -0.25) is 4.79 Å². The number of ether oxygens (including phenoxy) is 1. The number of anilines is 2. The van der Waals surface area contributed by atoms with Crippen LogP contribution in [0.2, 0.25) is 0 Å². The SMILES string of the molecule is CCOc1ccc2nc(NC(=O)C(C)Sc3ncnc(N)n3)sc2c1. The van der Waals surface area contributed by atoms with E-state index in [1.165, 1.54) is 29.4 Å². The molecule has 2 heterocycles. The van der Waals surface area contributed by atoms with Gasteiger partial charge in [0.2, 0.25) is 11.9 Å². The van der Waals surface area contributed by atoms with Crippen molar-refractivity contribution in [2.24, 2.45) is 0 Å². The first kappa shape index (κ1) is 17.4. The van der Waals surface area contributed by atoms with E-state index in [2.05, 4.69) is 25.3 Å². The summed E-state index contributed by atoms with van der Waals surface area (Å²) in [5, 5.41) is 3.35. The molecule has 0 saturated heterocycles. The Morgan fingerprint density at radius 2 is 2.24 bits per heavy atom. The van der Waals surface area contributed by atoms with Crippen molar-refractivity contribution in [1.82, 2.24) is 19.9 Å². The van der Waals surface area contributed by atoms with Crippen molar-refractivity contribution in [3.63, 3.8) is 0 Å². The van der Waals surface area contributed by atoms with Crippen molar-refractivity contribution in [3.8, 4) is 5.75 Å². The molecule has 1 atom stereocenters. The molecule has 1 unspecified atom stereocenters. The molecule has 0 aliphatic heterocycles. The summed E-state index contributed by atoms with van der Waals surface area (Å²) in [6.07, 6.45) is 1.32. The van der Waals surface area contributed by atoms with Gasteiger partial charge in [0.25, 0.3) is 0 Å². The van der Waals surface area contributed by atoms with Gasteiger partial charge in [-0.1, -0.05) is 23.1 Å². The van der Waals surface area contributed by atoms with Gasteiger partial charge in [-0.15, -0.1) is 0 Å². The summed E-state index contributed by atoms with van der Waals surface area (Å²) in [5.74, 6) is 0.724. The number of rotatable bonds is 6. The van der Waals surface area contributed by atoms with Crippen molar-refractivity contribution in [1.29, 1.82) is 0 Å². The highest BCUT2D eigenvalue weighted by atomic mass is 32.2. The van der Waals surface area contributed by atoms with Gasteiger partial charge in [-0.2, -0.15) is 4.98 Å². The number of carbonyl (C=O) groups excluding carboxylic acids is 1. The predicted molar refractivity (Wildman–Crippen MR) is 99.0 cm³/mol. The zero-order chi connectivity index (χ0) is 17.8. The number of thiazole rings is 1. The number of fused-ring (bicyclic) bond motifs is 1. The minimum Gasteiger partial charge on any atom is -0.494 e. The zero-order valence-electron chi connectivity index (χ0n) is 13.6. The first-order valence-corrected chi connectivity index (χ1v) is 9.20. The number of thioether (sulfide) groups is 1. The van der Waals surface area contributed by atoms with Crippen molar-refractivity contribution < 1.29 is 9.53 Å². The highest BCUT2D eigenvalue weighted by molar-refractivity contribution is 8.00. The maximum absolute atomic E-state index is 12.4. The second-order valence-corrected chi connectivity index (χ2v) is 7.30. The van der Waals surface area contributed by atoms with Crippen molar-refractivity contribution in [2.75, 3.05) is 17.7 Å². The lowest BCUT2D eigenvalue weighted by Crippen LogP contribution is -2.22. The number of benzene rings is 1. The number of carbonyl (C=O) groups is 1. The largest absolute Gasteiger partial charge is 0.494 e. The topological polar surface area (TPSA) is 116 Å². The number of amides is 1. The van der Waals surface area contributed by atoms with Crippen molar-refractivity contribution in [3.05, 3.63) is 24.5 Å². The molecule has 10 heteroatoms. The van der Waals surface area contributed by atoms with Gasteiger partial charge in [-0.25, -0.2) is 15.0 Å². The monoisotopic (exact) mass is 376 g/mol. The average Bonchev–Trinajstić information content (AvgIpc) is 2.96. The highest BCUT2D eigenvalue weighted by Crippen LogP contribution is 2.30. The fourth-order valence-electron chi connectivity index (χ4n) is 1.98. The van der Waals surface area contributed by atoms with Crippen molar-refractivity contribution in [2.45, 2.75) is 24.3 Å². The average molecular weight is 376 g/mol. The van der Waals surface area contributed by atoms with Crippen LogP contribution in [0.15, 0.2) is 29.7 Å². The Kier molecular flexibility index (Phi) is 5.29. The summed E-state index contributed by atoms with van der Waals surface area (Å²) in [6.45, 7) is 4.30. The molecule has 0 aliphatic rings. The van der Waals surface area contributed by atoms with Crippen LogP contribution in [0.1, 0.15) is 13.8 Å². The molecule has 2 aromatic heterocycles. The third kappa shape index (κ3) is 4.34. The van der Waals surface area contributed by atoms with E-state index in [4.69, 9.17) is 10.5 Å². The molecular formula is C15H16N6O2S2. The van der Waals surface area contributed by atoms with E-state index in [-0.39, 0.29) is 11.9 Å². The first-order valence-electron chi connectivity index (χ1n) is 7.50. The lowest BCUT2D eigenvalue weighted by Gasteiger charge is -2.08. The van der Waals surface area contributed by atoms with Gasteiger partial charge < -0.3 is 15.8 Å². The van der Waals surface area contributed by atoms with E-state index in [9.17, 15) is 4.79 Å². The number of nitrogen functional groups attached to an aromatic ring is 1. The van der Waals surface area contributed by atoms with Gasteiger partial charge >= 0.3 is 0 Å². The number of hydrogen-bond donors (Lipinski definition) is 2. The van der Waals surface area contributed by atoms with Gasteiger partial charge in [-0.05, 0) is 32.0 Å². The molecule has 1 aromatic carbocycles. The minimum atomic E-state index is -0.409. The van der Waals surface area contributed by atoms with Crippen LogP contribution < -0.4 is 15.8 Å². The van der Waals surface area contributed by atoms with Crippen LogP contribution in [0, 0.1) is 0 Å². The Bertz CT molecular complexity index is 901. The second-order valence-electron chi connectivity index (χ2n) is 4.96. The van der Waals surface area contributed by atoms with E-state index in [1.807, 2.05) is 25.1 Å². The number of nitrogens with one attached hydrogen (secondary N) is 1. The molecule has 130 valence electrons. The van der Waals surface area contributed by atoms with E-state index in [1.54, 1.807) is 6.92 Å². The van der Waals surface area contributed by atoms with Crippen LogP contribution in [0.5, 0.6) is 5.75 Å². The standard InChI is InChI=1S/C15H16N6O2S2/c1-3-23-9-4-5-10-11(6-9)25-15(19-10)20-12(22)8(2)24-14-18-7-17-13(16)21-14/h4-8H,3H2,1-2H3,(H,19,20,22)(H2,16,17,18,21). The van der Waals surface area contributed by atoms with E-state index < -0.39 is 5.25 Å². The second kappa shape index (κ2) is 7.62. The smallest absolute Gasteiger partial charge is 0.239 e. The molecule has 3 N–H and O–H groups in total. The van der Waals surface area contributed by atoms with Crippen LogP contribution in [0.4, 0.5) is 11.1 Å². The Morgan fingerprint density at radius 1 is 1.40 bits per heavy atom. The molecule has 0 bridgehead atoms. The van der Waals surface area contributed by atoms with Crippen LogP contribution >= 0.6 is 23.1 Å². The molecule has 1 amide bonds. The summed E-state index contributed by atoms with van der Waals surface area (Å²) in [5.41, 5.74) is 6.33. The van der Waals surface area contributed by atoms with Crippen LogP contribution in [0.25, 0.3) is 10.2 Å². The highest BCUT2D eigenvalue weighted by Gasteiger charge is 2.18. The van der Waals surface area contributed by atoms with Crippen LogP contribution in [-0.4, -0.2) is 37.7 Å². The predicted octanol–water partition coefficient (Wildman–Crippen LogP) is 2.58. The zero-order valence-corrected chi connectivity index (χ0v) is 15.2. The molecule has 3 aromatic rings. The van der Waals surface area contributed by atoms with Gasteiger partial charge in [0.15, 0.2) is 10.3 Å². The lowest BCUT2D eigenvalue weighted by molar-refractivity contribution is -0.115. The molecule has 25 heavy (non-hydrogen) atoms. The molecule has 3 rings (SSSR count). The normalized spacial score (nSPS) is 12.1. The summed E-state index contributed by atoms with van der Waals surface area (Å²) in [6, 6.07) is 5.65. The molecule has 0 spiro atoms. The van der Waals surface area contributed by atoms with Gasteiger partial charge in [0, 0.05) is 0 Å². The summed E-state index contributed by atoms with van der Waals surface area (Å²) in [4.78, 5) is 28.5. The number of nitrogens with two attached hydrogens (primary N) is 1. The molecule has 8 nitrogen and oxygen atoms in total. The van der Waals surface area contributed by atoms with Gasteiger partial charge in [0.1, 0.15) is 12.1 Å². The fourth-order valence-corrected chi connectivity index (χ4v) is 3.62. The Labute approximate surface area is 152 Å². The quantitative estimate of drug-likeness (QED) is 0.631. The Hall–Kier alpha value is -2.46. The maximum Gasteiger partial charge on any atom is 0.239 e. The van der Waals surface area contributed by atoms with Gasteiger partial charge in [0.05, 0.1) is 22.1 Å². The first-order chi connectivity index (χ1) is 12.0. The molecule has 0 fully saturated rings. The minimum absolute atomic E-state index is 0.126. The Balaban J connectivity index is 1.68. The number of hydrogen-bond acceptors (Lipinski definition) is 9. The Morgan fingerprint density at radius 3 is 3.00 bits per heavy atom. The summed E-state index contributed by atoms with van der Waals surface area (Å²) in [7, 11) is 0. The van der Waals surface area contributed by atoms with Crippen LogP contribution in [-0.2, 0) is 4.79 Å². The lowest BCUT2D eigenvalue weighted by atomic mass is 10.3. The van der Waals surface area contributed by atoms with E-state index in [0.717, 1.165) is 16.0 Å². The third-order valence-corrected chi connectivity index (χ3v) is 5.03. The molecular weight excluding hydrogens is 360 g/mol.